The molecule has 0 aromatic carbocycles. The second-order valence-corrected chi connectivity index (χ2v) is 4.41. The number of nitrogens with zero attached hydrogens (tertiary/aromatic N) is 3. The van der Waals surface area contributed by atoms with E-state index in [1.54, 1.807) is 0 Å². The number of aromatic nitrogens is 3. The van der Waals surface area contributed by atoms with Crippen molar-refractivity contribution in [3.63, 3.8) is 0 Å². The molecule has 0 bridgehead atoms. The number of hydrogen-bond donors (Lipinski definition) is 0. The highest BCUT2D eigenvalue weighted by Crippen LogP contribution is 2.27. The highest BCUT2D eigenvalue weighted by atomic mass is 15.1. The monoisotopic (exact) mass is 213 g/mol. The van der Waals surface area contributed by atoms with Gasteiger partial charge in [-0.1, -0.05) is 6.07 Å². The molecule has 3 nitrogen and oxygen atoms in total. The third-order valence-electron chi connectivity index (χ3n) is 3.23. The Hall–Kier alpha value is -1.64. The van der Waals surface area contributed by atoms with Crippen LogP contribution in [0.15, 0.2) is 30.6 Å². The first-order valence-electron chi connectivity index (χ1n) is 5.84. The zero-order valence-electron chi connectivity index (χ0n) is 9.43. The van der Waals surface area contributed by atoms with Crippen LogP contribution in [0.25, 0.3) is 11.4 Å². The minimum Gasteiger partial charge on any atom is -0.331 e. The van der Waals surface area contributed by atoms with Crippen LogP contribution in [-0.4, -0.2) is 14.5 Å². The molecular formula is C13H15N3. The molecule has 0 amide bonds. The third kappa shape index (κ3) is 1.52. The summed E-state index contributed by atoms with van der Waals surface area (Å²) in [5.41, 5.74) is 1.97. The third-order valence-corrected chi connectivity index (χ3v) is 3.23. The molecule has 1 aliphatic heterocycles. The van der Waals surface area contributed by atoms with Crippen LogP contribution < -0.4 is 0 Å². The Morgan fingerprint density at radius 3 is 3.00 bits per heavy atom. The predicted octanol–water partition coefficient (Wildman–Crippen LogP) is 2.84. The lowest BCUT2D eigenvalue weighted by molar-refractivity contribution is 0.426. The lowest BCUT2D eigenvalue weighted by Crippen LogP contribution is -2.14. The summed E-state index contributed by atoms with van der Waals surface area (Å²) >= 11 is 0. The van der Waals surface area contributed by atoms with Crippen molar-refractivity contribution in [1.82, 2.24) is 14.5 Å². The van der Waals surface area contributed by atoms with Crippen molar-refractivity contribution in [2.75, 3.05) is 0 Å². The molecule has 0 saturated carbocycles. The molecule has 16 heavy (non-hydrogen) atoms. The molecule has 3 rings (SSSR count). The van der Waals surface area contributed by atoms with Gasteiger partial charge in [-0.15, -0.1) is 0 Å². The minimum absolute atomic E-state index is 0.578. The molecule has 1 aliphatic rings. The second kappa shape index (κ2) is 3.74. The van der Waals surface area contributed by atoms with E-state index in [9.17, 15) is 0 Å². The van der Waals surface area contributed by atoms with Crippen molar-refractivity contribution < 1.29 is 0 Å². The van der Waals surface area contributed by atoms with Crippen molar-refractivity contribution in [3.05, 3.63) is 36.4 Å². The Kier molecular flexibility index (Phi) is 2.24. The Labute approximate surface area is 95.2 Å². The lowest BCUT2D eigenvalue weighted by Gasteiger charge is -2.20. The maximum absolute atomic E-state index is 4.67. The molecule has 3 heteroatoms. The van der Waals surface area contributed by atoms with Crippen LogP contribution in [0.2, 0.25) is 0 Å². The molecule has 3 heterocycles. The van der Waals surface area contributed by atoms with Gasteiger partial charge in [-0.2, -0.15) is 0 Å². The molecule has 0 unspecified atom stereocenters. The molecule has 0 N–H and O–H groups in total. The smallest absolute Gasteiger partial charge is 0.109 e. The van der Waals surface area contributed by atoms with Gasteiger partial charge in [-0.25, -0.2) is 4.98 Å². The number of rotatable bonds is 1. The highest BCUT2D eigenvalue weighted by molar-refractivity contribution is 5.53. The Morgan fingerprint density at radius 2 is 2.25 bits per heavy atom. The summed E-state index contributed by atoms with van der Waals surface area (Å²) in [6.07, 6.45) is 7.56. The largest absolute Gasteiger partial charge is 0.331 e. The van der Waals surface area contributed by atoms with Crippen molar-refractivity contribution in [2.24, 2.45) is 0 Å². The van der Waals surface area contributed by atoms with Gasteiger partial charge in [-0.05, 0) is 31.9 Å². The van der Waals surface area contributed by atoms with Gasteiger partial charge in [0.2, 0.25) is 0 Å². The number of aryl methyl sites for hydroxylation is 1. The van der Waals surface area contributed by atoms with E-state index in [0.29, 0.717) is 6.04 Å². The van der Waals surface area contributed by atoms with Crippen LogP contribution in [-0.2, 0) is 6.42 Å². The minimum atomic E-state index is 0.578. The topological polar surface area (TPSA) is 30.7 Å². The van der Waals surface area contributed by atoms with Gasteiger partial charge in [0, 0.05) is 24.9 Å². The van der Waals surface area contributed by atoms with Gasteiger partial charge >= 0.3 is 0 Å². The van der Waals surface area contributed by atoms with Crippen LogP contribution in [0.4, 0.5) is 0 Å². The van der Waals surface area contributed by atoms with Gasteiger partial charge in [0.25, 0.3) is 0 Å². The summed E-state index contributed by atoms with van der Waals surface area (Å²) < 4.78 is 2.30. The maximum atomic E-state index is 4.67. The molecule has 0 aliphatic carbocycles. The van der Waals surface area contributed by atoms with Crippen molar-refractivity contribution in [3.8, 4) is 11.4 Å². The Balaban J connectivity index is 2.05. The fourth-order valence-electron chi connectivity index (χ4n) is 2.33. The van der Waals surface area contributed by atoms with Crippen molar-refractivity contribution in [2.45, 2.75) is 32.2 Å². The van der Waals surface area contributed by atoms with Crippen LogP contribution in [0.5, 0.6) is 0 Å². The SMILES string of the molecule is C[C@@H]1CCCc2nc(-c3ccccn3)cn21. The zero-order valence-corrected chi connectivity index (χ0v) is 9.43. The normalized spacial score (nSPS) is 19.4. The summed E-state index contributed by atoms with van der Waals surface area (Å²) in [6, 6.07) is 6.53. The summed E-state index contributed by atoms with van der Waals surface area (Å²) in [7, 11) is 0. The summed E-state index contributed by atoms with van der Waals surface area (Å²) in [6.45, 7) is 2.26. The molecule has 0 fully saturated rings. The lowest BCUT2D eigenvalue weighted by atomic mass is 10.1. The van der Waals surface area contributed by atoms with E-state index in [2.05, 4.69) is 27.7 Å². The molecule has 0 radical (unpaired) electrons. The molecule has 0 spiro atoms. The number of imidazole rings is 1. The molecule has 2 aromatic rings. The first kappa shape index (κ1) is 9.58. The first-order chi connectivity index (χ1) is 7.84. The molecular weight excluding hydrogens is 198 g/mol. The first-order valence-corrected chi connectivity index (χ1v) is 5.84. The number of fused-ring (bicyclic) bond motifs is 1. The van der Waals surface area contributed by atoms with E-state index in [4.69, 9.17) is 0 Å². The second-order valence-electron chi connectivity index (χ2n) is 4.41. The van der Waals surface area contributed by atoms with Crippen LogP contribution in [0.3, 0.4) is 0 Å². The fraction of sp³-hybridized carbons (Fsp3) is 0.385. The van der Waals surface area contributed by atoms with Crippen molar-refractivity contribution in [1.29, 1.82) is 0 Å². The van der Waals surface area contributed by atoms with Gasteiger partial charge < -0.3 is 4.57 Å². The van der Waals surface area contributed by atoms with E-state index in [0.717, 1.165) is 17.8 Å². The fourth-order valence-corrected chi connectivity index (χ4v) is 2.33. The van der Waals surface area contributed by atoms with Crippen molar-refractivity contribution >= 4 is 0 Å². The maximum Gasteiger partial charge on any atom is 0.109 e. The predicted molar refractivity (Wildman–Crippen MR) is 63.1 cm³/mol. The Bertz CT molecular complexity index is 487. The summed E-state index contributed by atoms with van der Waals surface area (Å²) in [5, 5.41) is 0. The van der Waals surface area contributed by atoms with E-state index in [1.165, 1.54) is 18.7 Å². The standard InChI is InChI=1S/C13H15N3/c1-10-5-4-7-13-15-12(9-16(10)13)11-6-2-3-8-14-11/h2-3,6,8-10H,4-5,7H2,1H3/t10-/m1/s1. The molecule has 82 valence electrons. The number of pyridine rings is 1. The van der Waals surface area contributed by atoms with Crippen LogP contribution in [0.1, 0.15) is 31.6 Å². The van der Waals surface area contributed by atoms with Crippen LogP contribution in [0, 0.1) is 0 Å². The van der Waals surface area contributed by atoms with Gasteiger partial charge in [-0.3, -0.25) is 4.98 Å². The summed E-state index contributed by atoms with van der Waals surface area (Å²) in [5.74, 6) is 1.21. The van der Waals surface area contributed by atoms with Gasteiger partial charge in [0.1, 0.15) is 11.5 Å². The van der Waals surface area contributed by atoms with E-state index in [-0.39, 0.29) is 0 Å². The average Bonchev–Trinajstić information content (AvgIpc) is 2.76. The summed E-state index contributed by atoms with van der Waals surface area (Å²) in [4.78, 5) is 9.01. The van der Waals surface area contributed by atoms with Crippen LogP contribution >= 0.6 is 0 Å². The number of hydrogen-bond acceptors (Lipinski definition) is 2. The molecule has 0 saturated heterocycles. The Morgan fingerprint density at radius 1 is 1.31 bits per heavy atom. The van der Waals surface area contributed by atoms with E-state index < -0.39 is 0 Å². The molecule has 1 atom stereocenters. The highest BCUT2D eigenvalue weighted by Gasteiger charge is 2.18. The van der Waals surface area contributed by atoms with Gasteiger partial charge in [0.15, 0.2) is 0 Å². The zero-order chi connectivity index (χ0) is 11.0. The van der Waals surface area contributed by atoms with Gasteiger partial charge in [0.05, 0.1) is 5.69 Å². The average molecular weight is 213 g/mol. The van der Waals surface area contributed by atoms with E-state index in [1.807, 2.05) is 24.4 Å². The van der Waals surface area contributed by atoms with E-state index >= 15 is 0 Å². The quantitative estimate of drug-likeness (QED) is 0.729. The molecule has 2 aromatic heterocycles.